The normalized spacial score (nSPS) is 11.9. The zero-order valence-electron chi connectivity index (χ0n) is 29.9. The van der Waals surface area contributed by atoms with Gasteiger partial charge in [-0.2, -0.15) is 13.2 Å². The first-order valence-corrected chi connectivity index (χ1v) is 24.5. The molecule has 0 aliphatic carbocycles. The topological polar surface area (TPSA) is 56.7 Å². The molecule has 0 N–H and O–H groups in total. The Labute approximate surface area is 323 Å². The number of benzene rings is 4. The molecule has 4 heterocycles. The predicted molar refractivity (Wildman–Crippen MR) is 205 cm³/mol. The number of furan rings is 1. The number of rotatable bonds is 6. The second kappa shape index (κ2) is 15.4. The van der Waals surface area contributed by atoms with Gasteiger partial charge in [0.1, 0.15) is 5.69 Å². The summed E-state index contributed by atoms with van der Waals surface area (Å²) < 4.78 is 48.8. The van der Waals surface area contributed by atoms with Crippen molar-refractivity contribution >= 4 is 50.8 Å². The van der Waals surface area contributed by atoms with E-state index in [-0.39, 0.29) is 25.8 Å². The molecule has 8 rings (SSSR count). The molecule has 8 aromatic rings. The van der Waals surface area contributed by atoms with Crippen LogP contribution in [0.4, 0.5) is 13.2 Å². The van der Waals surface area contributed by atoms with Crippen molar-refractivity contribution in [2.75, 3.05) is 0 Å². The van der Waals surface area contributed by atoms with E-state index in [1.165, 1.54) is 11.6 Å². The summed E-state index contributed by atoms with van der Waals surface area (Å²) in [6, 6.07) is 40.1. The molecule has 0 saturated heterocycles. The monoisotopic (exact) mass is 949 g/mol. The molecule has 0 saturated carbocycles. The van der Waals surface area contributed by atoms with E-state index in [9.17, 15) is 13.2 Å². The number of imidazole rings is 1. The van der Waals surface area contributed by atoms with Gasteiger partial charge < -0.3 is 8.98 Å². The number of hydrogen-bond acceptors (Lipinski definition) is 4. The van der Waals surface area contributed by atoms with Crippen LogP contribution in [0.2, 0.25) is 17.3 Å². The maximum atomic E-state index is 13.2. The van der Waals surface area contributed by atoms with Crippen molar-refractivity contribution in [2.45, 2.75) is 43.7 Å². The van der Waals surface area contributed by atoms with Crippen LogP contribution >= 0.6 is 0 Å². The maximum absolute atomic E-state index is 13.2. The summed E-state index contributed by atoms with van der Waals surface area (Å²) in [5.74, 6) is 8.58. The molecule has 0 fully saturated rings. The Hall–Kier alpha value is -4.57. The van der Waals surface area contributed by atoms with E-state index in [2.05, 4.69) is 66.6 Å². The van der Waals surface area contributed by atoms with E-state index < -0.39 is 25.1 Å². The van der Waals surface area contributed by atoms with Gasteiger partial charge in [-0.15, -0.1) is 18.2 Å². The Morgan fingerprint density at radius 1 is 0.811 bits per heavy atom. The van der Waals surface area contributed by atoms with E-state index in [1.54, 1.807) is 16.5 Å². The molecule has 53 heavy (non-hydrogen) atoms. The van der Waals surface area contributed by atoms with Gasteiger partial charge in [0, 0.05) is 31.2 Å². The van der Waals surface area contributed by atoms with Crippen LogP contribution in [0.1, 0.15) is 25.1 Å². The van der Waals surface area contributed by atoms with Gasteiger partial charge in [0.05, 0.1) is 22.4 Å². The molecule has 0 atom stereocenters. The first-order valence-electron chi connectivity index (χ1n) is 17.2. The van der Waals surface area contributed by atoms with Crippen LogP contribution in [0, 0.1) is 18.1 Å². The number of para-hydroxylation sites is 3. The molecule has 1 radical (unpaired) electrons. The Bertz CT molecular complexity index is 2510. The largest absolute Gasteiger partial charge is 0.486 e. The fourth-order valence-electron chi connectivity index (χ4n) is 6.46. The number of aromatic nitrogens is 4. The van der Waals surface area contributed by atoms with Crippen molar-refractivity contribution in [1.29, 1.82) is 0 Å². The van der Waals surface area contributed by atoms with Crippen LogP contribution < -0.4 is 4.40 Å². The Kier molecular flexibility index (Phi) is 11.1. The van der Waals surface area contributed by atoms with Gasteiger partial charge in [0.2, 0.25) is 5.71 Å². The number of pyridine rings is 2. The minimum absolute atomic E-state index is 0. The molecule has 0 spiro atoms. The van der Waals surface area contributed by atoms with Crippen LogP contribution in [0.3, 0.4) is 0 Å². The summed E-state index contributed by atoms with van der Waals surface area (Å²) in [6.07, 6.45) is -1.28. The summed E-state index contributed by atoms with van der Waals surface area (Å²) in [5, 5.41) is 1.16. The van der Waals surface area contributed by atoms with Crippen molar-refractivity contribution in [3.63, 3.8) is 0 Å². The van der Waals surface area contributed by atoms with Crippen molar-refractivity contribution in [3.05, 3.63) is 139 Å². The van der Waals surface area contributed by atoms with Gasteiger partial charge >= 0.3 is 132 Å². The van der Waals surface area contributed by atoms with Crippen molar-refractivity contribution < 1.29 is 37.7 Å². The van der Waals surface area contributed by atoms with E-state index >= 15 is 0 Å². The molecule has 271 valence electrons. The summed E-state index contributed by atoms with van der Waals surface area (Å²) in [5.41, 5.74) is 6.09. The van der Waals surface area contributed by atoms with Gasteiger partial charge in [-0.3, -0.25) is 4.98 Å². The molecule has 0 bridgehead atoms. The Morgan fingerprint density at radius 3 is 2.25 bits per heavy atom. The number of halogens is 3. The number of alkyl halides is 3. The van der Waals surface area contributed by atoms with E-state index in [4.69, 9.17) is 14.4 Å². The Balaban J connectivity index is 0.000000199. The number of nitrogens with zero attached hydrogens (tertiary/aromatic N) is 4. The fourth-order valence-corrected chi connectivity index (χ4v) is 9.79. The number of hydrogen-bond donors (Lipinski definition) is 0. The number of fused-ring (bicyclic) bond motifs is 4. The van der Waals surface area contributed by atoms with Gasteiger partial charge in [0.25, 0.3) is 0 Å². The third-order valence-electron chi connectivity index (χ3n) is 8.80. The smallest absolute Gasteiger partial charge is 0.433 e. The van der Waals surface area contributed by atoms with Crippen molar-refractivity contribution in [2.24, 2.45) is 5.92 Å². The van der Waals surface area contributed by atoms with Crippen LogP contribution in [-0.2, 0) is 32.7 Å². The predicted octanol–water partition coefficient (Wildman–Crippen LogP) is 11.1. The molecule has 0 aliphatic rings. The van der Waals surface area contributed by atoms with Crippen LogP contribution in [0.25, 0.3) is 61.4 Å². The van der Waals surface area contributed by atoms with Crippen molar-refractivity contribution in [1.82, 2.24) is 19.5 Å². The molecule has 4 aromatic heterocycles. The molecule has 0 aliphatic heterocycles. The average Bonchev–Trinajstić information content (AvgIpc) is 3.70. The SMILES string of the molecule is CC(C)Cc1cc(-c2[c-]cccc2)nc[c]1[Ge]([CH3])([CH3])[CH3].FC(F)(F)c1ccc2c(n1)oc1c(-c3nc4ccccc4n3-c3ccccc3)[c-]ccc12.[Ir]. The minimum Gasteiger partial charge on any atom is -0.486 e. The molecular formula is C43H37F3GeIrN4O-2. The zero-order valence-corrected chi connectivity index (χ0v) is 34.4. The quantitative estimate of drug-likeness (QED) is 0.123. The molecule has 10 heteroatoms. The Morgan fingerprint density at radius 2 is 1.55 bits per heavy atom. The first kappa shape index (κ1) is 38.2. The van der Waals surface area contributed by atoms with E-state index in [0.29, 0.717) is 33.7 Å². The summed E-state index contributed by atoms with van der Waals surface area (Å²) in [7, 11) is 0. The van der Waals surface area contributed by atoms with Gasteiger partial charge in [0.15, 0.2) is 0 Å². The third kappa shape index (κ3) is 8.03. The zero-order chi connectivity index (χ0) is 36.6. The molecular weight excluding hydrogens is 910 g/mol. The third-order valence-corrected chi connectivity index (χ3v) is 13.1. The average molecular weight is 948 g/mol. The summed E-state index contributed by atoms with van der Waals surface area (Å²) in [6.45, 7) is 4.57. The molecule has 5 nitrogen and oxygen atoms in total. The molecule has 4 aromatic carbocycles. The molecule has 0 unspecified atom stereocenters. The maximum Gasteiger partial charge on any atom is 0.433 e. The van der Waals surface area contributed by atoms with Crippen LogP contribution in [-0.4, -0.2) is 32.8 Å². The second-order valence-electron chi connectivity index (χ2n) is 14.2. The van der Waals surface area contributed by atoms with Gasteiger partial charge in [-0.25, -0.2) is 4.98 Å². The second-order valence-corrected chi connectivity index (χ2v) is 24.8. The molecule has 0 amide bonds. The van der Waals surface area contributed by atoms with Crippen molar-refractivity contribution in [3.8, 4) is 28.3 Å². The summed E-state index contributed by atoms with van der Waals surface area (Å²) in [4.78, 5) is 13.2. The van der Waals surface area contributed by atoms with Crippen LogP contribution in [0.15, 0.2) is 120 Å². The van der Waals surface area contributed by atoms with E-state index in [1.807, 2.05) is 77.4 Å². The van der Waals surface area contributed by atoms with Gasteiger partial charge in [-0.1, -0.05) is 41.3 Å². The van der Waals surface area contributed by atoms with Gasteiger partial charge in [-0.05, 0) is 36.4 Å². The van der Waals surface area contributed by atoms with E-state index in [0.717, 1.165) is 40.5 Å². The fraction of sp³-hybridized carbons (Fsp3) is 0.186. The first-order chi connectivity index (χ1) is 24.9. The minimum atomic E-state index is -4.55. The summed E-state index contributed by atoms with van der Waals surface area (Å²) >= 11 is -1.86. The standard InChI is InChI=1S/C25H13F3N3O.C18H24GeN.Ir/c26-25(27,28)21-14-13-17-16-9-6-10-18(22(16)32-24(17)30-21)23-29-19-11-4-5-12-20(19)31(23)15-7-2-1-3-8-15;1-14(2)11-16-12-18(15-9-7-6-8-10-15)20-13-17(16)19(3,4)5;/h1-9,11-14H;6-9,12-14H,11H2,1-5H3;/q2*-1;. The van der Waals surface area contributed by atoms with Crippen LogP contribution in [0.5, 0.6) is 0 Å².